The van der Waals surface area contributed by atoms with Gasteiger partial charge in [0.25, 0.3) is 5.91 Å². The smallest absolute Gasteiger partial charge is 0.302 e. The van der Waals surface area contributed by atoms with Crippen molar-refractivity contribution in [3.63, 3.8) is 0 Å². The molecule has 4 rings (SSSR count). The Morgan fingerprint density at radius 2 is 1.47 bits per heavy atom. The molecule has 266 valence electrons. The van der Waals surface area contributed by atoms with Crippen molar-refractivity contribution in [3.05, 3.63) is 75.5 Å². The lowest BCUT2D eigenvalue weighted by atomic mass is 9.76. The van der Waals surface area contributed by atoms with Gasteiger partial charge >= 0.3 is 5.97 Å². The number of aliphatic hydroxyl groups excluding tert-OH is 4. The average Bonchev–Trinajstić information content (AvgIpc) is 3.05. The molecule has 49 heavy (non-hydrogen) atoms. The summed E-state index contributed by atoms with van der Waals surface area (Å²) in [5.74, 6) is -8.37. The molecule has 0 spiro atoms. The molecule has 3 aliphatic rings. The summed E-state index contributed by atoms with van der Waals surface area (Å²) in [6.07, 6.45) is 1.94. The monoisotopic (exact) mass is 681 g/mol. The minimum atomic E-state index is -1.43. The Balaban J connectivity index is 2.21. The fourth-order valence-corrected chi connectivity index (χ4v) is 6.43. The molecule has 1 aromatic rings. The summed E-state index contributed by atoms with van der Waals surface area (Å²) in [5, 5.41) is 57.6. The minimum Gasteiger partial charge on any atom is -0.507 e. The highest BCUT2D eigenvalue weighted by atomic mass is 16.5. The lowest BCUT2D eigenvalue weighted by Gasteiger charge is -2.38. The number of amides is 1. The van der Waals surface area contributed by atoms with Gasteiger partial charge in [-0.05, 0) is 38.0 Å². The molecule has 1 aromatic carbocycles. The van der Waals surface area contributed by atoms with Crippen molar-refractivity contribution in [2.24, 2.45) is 29.6 Å². The molecule has 0 saturated carbocycles. The zero-order chi connectivity index (χ0) is 37.1. The van der Waals surface area contributed by atoms with E-state index in [1.54, 1.807) is 26.8 Å². The van der Waals surface area contributed by atoms with Crippen LogP contribution < -0.4 is 5.32 Å². The Hall–Kier alpha value is -4.23. The molecule has 1 aliphatic carbocycles. The summed E-state index contributed by atoms with van der Waals surface area (Å²) in [6.45, 7) is 11.3. The number of rotatable bonds is 2. The van der Waals surface area contributed by atoms with Crippen LogP contribution in [0.15, 0.2) is 53.3 Å². The molecule has 2 heterocycles. The summed E-state index contributed by atoms with van der Waals surface area (Å²) in [5.41, 5.74) is -1.11. The zero-order valence-electron chi connectivity index (χ0n) is 29.1. The first-order valence-electron chi connectivity index (χ1n) is 16.2. The van der Waals surface area contributed by atoms with Gasteiger partial charge in [0.15, 0.2) is 11.6 Å². The molecule has 4 bridgehead atoms. The van der Waals surface area contributed by atoms with E-state index in [1.165, 1.54) is 58.9 Å². The third-order valence-electron chi connectivity index (χ3n) is 9.60. The number of carbonyl (C=O) groups is 5. The van der Waals surface area contributed by atoms with Gasteiger partial charge in [-0.3, -0.25) is 24.0 Å². The summed E-state index contributed by atoms with van der Waals surface area (Å²) >= 11 is 0. The number of aryl methyl sites for hydroxylation is 1. The molecule has 2 aliphatic heterocycles. The van der Waals surface area contributed by atoms with Crippen molar-refractivity contribution >= 4 is 29.2 Å². The molecular formula is C37H47NO11. The van der Waals surface area contributed by atoms with Gasteiger partial charge in [0.2, 0.25) is 5.78 Å². The van der Waals surface area contributed by atoms with Crippen LogP contribution >= 0.6 is 0 Å². The second kappa shape index (κ2) is 16.0. The largest absolute Gasteiger partial charge is 0.507 e. The van der Waals surface area contributed by atoms with E-state index in [0.717, 1.165) is 6.08 Å². The van der Waals surface area contributed by atoms with Gasteiger partial charge in [-0.2, -0.15) is 0 Å². The molecular weight excluding hydrogens is 634 g/mol. The first-order valence-corrected chi connectivity index (χ1v) is 16.2. The van der Waals surface area contributed by atoms with Crippen LogP contribution in [-0.2, 0) is 14.3 Å². The molecule has 0 fully saturated rings. The van der Waals surface area contributed by atoms with Crippen molar-refractivity contribution in [3.8, 4) is 5.75 Å². The number of aliphatic hydroxyl groups is 4. The number of esters is 1. The van der Waals surface area contributed by atoms with Crippen molar-refractivity contribution in [2.45, 2.75) is 79.8 Å². The maximum atomic E-state index is 13.8. The number of ether oxygens (including phenoxy) is 1. The number of benzene rings is 1. The van der Waals surface area contributed by atoms with E-state index in [-0.39, 0.29) is 33.5 Å². The Morgan fingerprint density at radius 3 is 2.06 bits per heavy atom. The Kier molecular flexibility index (Phi) is 12.8. The van der Waals surface area contributed by atoms with Crippen LogP contribution in [0.3, 0.4) is 0 Å². The van der Waals surface area contributed by atoms with Gasteiger partial charge in [0, 0.05) is 59.3 Å². The number of phenolic OH excluding ortho intramolecular Hbond substituents is 1. The van der Waals surface area contributed by atoms with E-state index in [9.17, 15) is 49.5 Å². The first-order chi connectivity index (χ1) is 22.8. The first kappa shape index (κ1) is 39.2. The zero-order valence-corrected chi connectivity index (χ0v) is 29.1. The Morgan fingerprint density at radius 1 is 0.857 bits per heavy atom. The molecule has 1 amide bonds. The summed E-state index contributed by atoms with van der Waals surface area (Å²) < 4.78 is 5.58. The molecule has 0 aromatic heterocycles. The normalized spacial score (nSPS) is 33.5. The minimum absolute atomic E-state index is 0.0746. The van der Waals surface area contributed by atoms with E-state index >= 15 is 0 Å². The molecule has 12 heteroatoms. The van der Waals surface area contributed by atoms with Crippen molar-refractivity contribution < 1.29 is 54.2 Å². The fourth-order valence-electron chi connectivity index (χ4n) is 6.43. The lowest BCUT2D eigenvalue weighted by molar-refractivity contribution is -0.162. The maximum absolute atomic E-state index is 13.8. The van der Waals surface area contributed by atoms with Gasteiger partial charge < -0.3 is 35.6 Å². The molecule has 0 radical (unpaired) electrons. The van der Waals surface area contributed by atoms with Crippen molar-refractivity contribution in [1.82, 2.24) is 5.32 Å². The van der Waals surface area contributed by atoms with Crippen LogP contribution in [0.1, 0.15) is 85.1 Å². The number of phenols is 1. The molecule has 6 N–H and O–H groups in total. The summed E-state index contributed by atoms with van der Waals surface area (Å²) in [4.78, 5) is 65.9. The highest BCUT2D eigenvalue weighted by Crippen LogP contribution is 2.36. The summed E-state index contributed by atoms with van der Waals surface area (Å²) in [7, 11) is 0. The van der Waals surface area contributed by atoms with Crippen LogP contribution in [0.4, 0.5) is 0 Å². The predicted octanol–water partition coefficient (Wildman–Crippen LogP) is 2.89. The van der Waals surface area contributed by atoms with Crippen LogP contribution in [0.5, 0.6) is 5.75 Å². The standard InChI is InChI=1S/C37H47NO11/c1-16-10-9-11-17(2)37(48)38-26-14-27(41)28-25(35(26)47)13-19(4)32(44)29(28)31(43)18(3)12-24(15-39)34(46)20(5)33(45)22(7)36(49-23(8)40)21(6)30(16)42/h9-14,16,20-22,24,30,33-34,36,39,42,44-46H,15H2,1-8H3,(H,38,48)/b10-9-,17-11-,18-12-/t16-,20-,21+,22+,24+,30-,33+,34+,36+/m0/s1. The molecule has 9 atom stereocenters. The number of carbonyl (C=O) groups excluding carboxylic acids is 5. The third-order valence-corrected chi connectivity index (χ3v) is 9.60. The predicted molar refractivity (Wildman–Crippen MR) is 180 cm³/mol. The number of nitrogens with one attached hydrogen (secondary N) is 1. The van der Waals surface area contributed by atoms with Crippen LogP contribution in [0.25, 0.3) is 0 Å². The van der Waals surface area contributed by atoms with Gasteiger partial charge in [-0.25, -0.2) is 0 Å². The number of hydrogen-bond donors (Lipinski definition) is 6. The Labute approximate surface area is 285 Å². The third kappa shape index (κ3) is 8.33. The van der Waals surface area contributed by atoms with Gasteiger partial charge in [-0.15, -0.1) is 0 Å². The molecule has 12 nitrogen and oxygen atoms in total. The second-order valence-corrected chi connectivity index (χ2v) is 13.3. The molecule has 0 unspecified atom stereocenters. The number of ketones is 3. The topological polar surface area (TPSA) is 208 Å². The average molecular weight is 682 g/mol. The SMILES string of the molecule is CC(=O)O[C@H]1[C@H](C)[C@H](O)[C@H](C)[C@@H](O)[C@@H](CO)/C=C(/C)C(=O)c2c(O)c(C)cc3c2C(=O)C=C(NC(=O)/C(C)=C\C=C/[C@H](C)[C@H](O)[C@H]1C)C3=O. The summed E-state index contributed by atoms with van der Waals surface area (Å²) in [6, 6.07) is 1.26. The lowest BCUT2D eigenvalue weighted by Crippen LogP contribution is -2.47. The van der Waals surface area contributed by atoms with Crippen LogP contribution in [0.2, 0.25) is 0 Å². The van der Waals surface area contributed by atoms with E-state index in [0.29, 0.717) is 0 Å². The number of aromatic hydroxyl groups is 1. The second-order valence-electron chi connectivity index (χ2n) is 13.3. The van der Waals surface area contributed by atoms with Gasteiger partial charge in [0.05, 0.1) is 36.2 Å². The van der Waals surface area contributed by atoms with Crippen LogP contribution in [0, 0.1) is 36.5 Å². The van der Waals surface area contributed by atoms with Crippen molar-refractivity contribution in [2.75, 3.05) is 6.61 Å². The maximum Gasteiger partial charge on any atom is 0.302 e. The quantitative estimate of drug-likeness (QED) is 0.250. The number of hydrogen-bond acceptors (Lipinski definition) is 11. The Bertz CT molecular complexity index is 1630. The molecule has 0 saturated heterocycles. The number of allylic oxidation sites excluding steroid dienone is 5. The van der Waals surface area contributed by atoms with Gasteiger partial charge in [-0.1, -0.05) is 52.0 Å². The highest BCUT2D eigenvalue weighted by molar-refractivity contribution is 6.30. The van der Waals surface area contributed by atoms with E-state index in [1.807, 2.05) is 0 Å². The van der Waals surface area contributed by atoms with Crippen LogP contribution in [-0.4, -0.2) is 85.8 Å². The highest BCUT2D eigenvalue weighted by Gasteiger charge is 2.41. The van der Waals surface area contributed by atoms with E-state index < -0.39 is 101 Å². The number of fused-ring (bicyclic) bond motifs is 15. The van der Waals surface area contributed by atoms with E-state index in [4.69, 9.17) is 4.74 Å². The number of Topliss-reactive ketones (excluding diaryl/α,β-unsaturated/α-hetero) is 2. The van der Waals surface area contributed by atoms with Gasteiger partial charge in [0.1, 0.15) is 11.9 Å². The van der Waals surface area contributed by atoms with Crippen molar-refractivity contribution in [1.29, 1.82) is 0 Å². The fraction of sp³-hybridized carbons (Fsp3) is 0.486. The van der Waals surface area contributed by atoms with E-state index in [2.05, 4.69) is 5.32 Å².